The first-order chi connectivity index (χ1) is 18.1. The molecule has 3 aliphatic heterocycles. The summed E-state index contributed by atoms with van der Waals surface area (Å²) < 4.78 is 24.3. The van der Waals surface area contributed by atoms with E-state index < -0.39 is 0 Å². The van der Waals surface area contributed by atoms with Crippen LogP contribution in [-0.2, 0) is 11.3 Å². The number of furan rings is 1. The lowest BCUT2D eigenvalue weighted by atomic mass is 9.97. The number of likely N-dealkylation sites (tertiary alicyclic amines) is 1. The first-order valence-electron chi connectivity index (χ1n) is 12.2. The van der Waals surface area contributed by atoms with Gasteiger partial charge in [-0.25, -0.2) is 24.1 Å². The van der Waals surface area contributed by atoms with Crippen LogP contribution in [0.1, 0.15) is 41.9 Å². The topological polar surface area (TPSA) is 108 Å². The summed E-state index contributed by atoms with van der Waals surface area (Å²) in [5.74, 6) is 0.949. The molecule has 1 aromatic carbocycles. The molecular weight excluding hydrogens is 477 g/mol. The molecule has 190 valence electrons. The minimum absolute atomic E-state index is 0.0992. The number of amides is 2. The van der Waals surface area contributed by atoms with Gasteiger partial charge in [0.15, 0.2) is 0 Å². The van der Waals surface area contributed by atoms with E-state index in [0.29, 0.717) is 31.6 Å². The first kappa shape index (κ1) is 23.0. The fraction of sp³-hybridized carbons (Fsp3) is 0.308. The fourth-order valence-corrected chi connectivity index (χ4v) is 4.86. The van der Waals surface area contributed by atoms with Crippen LogP contribution in [0.5, 0.6) is 0 Å². The average Bonchev–Trinajstić information content (AvgIpc) is 3.66. The average molecular weight is 504 g/mol. The Balaban J connectivity index is 1.10. The molecule has 0 saturated carbocycles. The predicted molar refractivity (Wildman–Crippen MR) is 133 cm³/mol. The highest BCUT2D eigenvalue weighted by molar-refractivity contribution is 5.80. The van der Waals surface area contributed by atoms with Crippen molar-refractivity contribution in [3.05, 3.63) is 90.2 Å². The number of hydrogen-bond acceptors (Lipinski definition) is 8. The fourth-order valence-electron chi connectivity index (χ4n) is 4.86. The standard InChI is InChI=1S/C26H26FN7O3/c27-18-5-3-17(4-6-18)22-23(34-13-15-37-26(34)32-22)21-7-10-28-24(31-21)30-19-8-11-33(12-9-19)25(35)29-16-20-2-1-14-36-20/h1-7,10,13-15,19,22-23H,8-9,11-12,16H2,(H,29,35)(H,28,30,31). The molecular formula is C26H26FN7O3. The van der Waals surface area contributed by atoms with Crippen LogP contribution in [0, 0.1) is 5.82 Å². The second-order valence-corrected chi connectivity index (χ2v) is 9.11. The van der Waals surface area contributed by atoms with E-state index in [1.807, 2.05) is 28.1 Å². The number of halogens is 1. The van der Waals surface area contributed by atoms with Gasteiger partial charge in [-0.05, 0) is 48.7 Å². The number of aromatic nitrogens is 2. The van der Waals surface area contributed by atoms with E-state index in [1.54, 1.807) is 36.9 Å². The Labute approximate surface area is 212 Å². The number of piperidine rings is 1. The number of urea groups is 1. The number of ether oxygens (including phenoxy) is 1. The number of carbonyl (C=O) groups is 1. The zero-order valence-electron chi connectivity index (χ0n) is 20.0. The molecule has 5 heterocycles. The van der Waals surface area contributed by atoms with Gasteiger partial charge in [-0.1, -0.05) is 12.1 Å². The minimum atomic E-state index is -0.300. The molecule has 2 unspecified atom stereocenters. The number of benzene rings is 1. The van der Waals surface area contributed by atoms with Gasteiger partial charge in [-0.3, -0.25) is 4.90 Å². The highest BCUT2D eigenvalue weighted by atomic mass is 19.1. The van der Waals surface area contributed by atoms with Crippen molar-refractivity contribution in [1.29, 1.82) is 0 Å². The molecule has 0 aliphatic carbocycles. The van der Waals surface area contributed by atoms with E-state index in [1.165, 1.54) is 12.1 Å². The normalized spacial score (nSPS) is 20.9. The molecule has 2 aromatic heterocycles. The van der Waals surface area contributed by atoms with E-state index in [9.17, 15) is 9.18 Å². The highest BCUT2D eigenvalue weighted by Crippen LogP contribution is 2.43. The van der Waals surface area contributed by atoms with Crippen molar-refractivity contribution in [3.63, 3.8) is 0 Å². The van der Waals surface area contributed by atoms with Gasteiger partial charge in [0.05, 0.1) is 18.5 Å². The number of amidine groups is 1. The van der Waals surface area contributed by atoms with Gasteiger partial charge >= 0.3 is 6.03 Å². The molecule has 3 aliphatic rings. The van der Waals surface area contributed by atoms with Gasteiger partial charge in [-0.15, -0.1) is 0 Å². The molecule has 1 saturated heterocycles. The summed E-state index contributed by atoms with van der Waals surface area (Å²) in [6.07, 6.45) is 8.29. The van der Waals surface area contributed by atoms with Gasteiger partial charge in [0, 0.05) is 31.5 Å². The van der Waals surface area contributed by atoms with Crippen molar-refractivity contribution < 1.29 is 18.3 Å². The van der Waals surface area contributed by atoms with Crippen molar-refractivity contribution in [2.75, 3.05) is 18.4 Å². The molecule has 2 N–H and O–H groups in total. The van der Waals surface area contributed by atoms with E-state index >= 15 is 0 Å². The summed E-state index contributed by atoms with van der Waals surface area (Å²) in [5.41, 5.74) is 1.64. The molecule has 3 aromatic rings. The van der Waals surface area contributed by atoms with E-state index in [2.05, 4.69) is 15.6 Å². The predicted octanol–water partition coefficient (Wildman–Crippen LogP) is 3.95. The second-order valence-electron chi connectivity index (χ2n) is 9.11. The van der Waals surface area contributed by atoms with Crippen molar-refractivity contribution in [2.45, 2.75) is 37.5 Å². The quantitative estimate of drug-likeness (QED) is 0.524. The van der Waals surface area contributed by atoms with Crippen molar-refractivity contribution in [3.8, 4) is 0 Å². The van der Waals surface area contributed by atoms with Gasteiger partial charge in [0.1, 0.15) is 29.9 Å². The van der Waals surface area contributed by atoms with Crippen LogP contribution >= 0.6 is 0 Å². The highest BCUT2D eigenvalue weighted by Gasteiger charge is 2.41. The van der Waals surface area contributed by atoms with Crippen LogP contribution in [0.15, 0.2) is 76.8 Å². The molecule has 6 rings (SSSR count). The molecule has 0 radical (unpaired) electrons. The number of carbonyl (C=O) groups excluding carboxylic acids is 1. The number of hydrogen-bond donors (Lipinski definition) is 2. The summed E-state index contributed by atoms with van der Waals surface area (Å²) >= 11 is 0. The zero-order chi connectivity index (χ0) is 25.2. The monoisotopic (exact) mass is 503 g/mol. The molecule has 2 amide bonds. The van der Waals surface area contributed by atoms with Gasteiger partial charge in [-0.2, -0.15) is 0 Å². The number of aliphatic imine (C=N–C) groups is 1. The number of rotatable bonds is 6. The van der Waals surface area contributed by atoms with Crippen LogP contribution in [0.2, 0.25) is 0 Å². The van der Waals surface area contributed by atoms with Crippen LogP contribution in [-0.4, -0.2) is 51.0 Å². The van der Waals surface area contributed by atoms with Crippen LogP contribution in [0.25, 0.3) is 0 Å². The van der Waals surface area contributed by atoms with E-state index in [4.69, 9.17) is 19.1 Å². The Morgan fingerprint density at radius 1 is 1.14 bits per heavy atom. The van der Waals surface area contributed by atoms with E-state index in [-0.39, 0.29) is 30.0 Å². The summed E-state index contributed by atoms with van der Waals surface area (Å²) in [5, 5.41) is 6.32. The zero-order valence-corrected chi connectivity index (χ0v) is 20.0. The summed E-state index contributed by atoms with van der Waals surface area (Å²) in [6, 6.07) is 11.8. The number of anilines is 1. The smallest absolute Gasteiger partial charge is 0.317 e. The Morgan fingerprint density at radius 3 is 2.76 bits per heavy atom. The summed E-state index contributed by atoms with van der Waals surface area (Å²) in [6.45, 7) is 1.63. The molecule has 11 heteroatoms. The van der Waals surface area contributed by atoms with Crippen LogP contribution in [0.4, 0.5) is 15.1 Å². The Kier molecular flexibility index (Phi) is 6.17. The molecule has 2 atom stereocenters. The summed E-state index contributed by atoms with van der Waals surface area (Å²) in [7, 11) is 0. The maximum atomic E-state index is 13.5. The maximum absolute atomic E-state index is 13.5. The minimum Gasteiger partial charge on any atom is -0.467 e. The number of nitrogens with zero attached hydrogens (tertiary/aromatic N) is 5. The number of nitrogens with one attached hydrogen (secondary N) is 2. The third-order valence-corrected chi connectivity index (χ3v) is 6.77. The Morgan fingerprint density at radius 2 is 1.97 bits per heavy atom. The third kappa shape index (κ3) is 4.84. The molecule has 0 bridgehead atoms. The molecule has 10 nitrogen and oxygen atoms in total. The largest absolute Gasteiger partial charge is 0.467 e. The van der Waals surface area contributed by atoms with Crippen molar-refractivity contribution >= 4 is 18.0 Å². The first-order valence-corrected chi connectivity index (χ1v) is 12.2. The Hall–Kier alpha value is -4.41. The lowest BCUT2D eigenvalue weighted by Gasteiger charge is -2.32. The van der Waals surface area contributed by atoms with Gasteiger partial charge in [0.25, 0.3) is 6.02 Å². The molecule has 0 spiro atoms. The Bertz CT molecular complexity index is 1300. The van der Waals surface area contributed by atoms with Crippen molar-refractivity contribution in [1.82, 2.24) is 25.1 Å². The lowest BCUT2D eigenvalue weighted by Crippen LogP contribution is -2.46. The van der Waals surface area contributed by atoms with Crippen LogP contribution < -0.4 is 10.6 Å². The SMILES string of the molecule is O=C(NCc1ccco1)N1CCC(Nc2nccc(C3C(c4ccc(F)cc4)N=C4OC=CN43)n2)CC1. The third-order valence-electron chi connectivity index (χ3n) is 6.77. The maximum Gasteiger partial charge on any atom is 0.317 e. The van der Waals surface area contributed by atoms with Gasteiger partial charge < -0.3 is 24.7 Å². The molecule has 37 heavy (non-hydrogen) atoms. The van der Waals surface area contributed by atoms with Gasteiger partial charge in [0.2, 0.25) is 5.95 Å². The van der Waals surface area contributed by atoms with Crippen LogP contribution in [0.3, 0.4) is 0 Å². The summed E-state index contributed by atoms with van der Waals surface area (Å²) in [4.78, 5) is 30.2. The molecule has 1 fully saturated rings. The van der Waals surface area contributed by atoms with E-state index in [0.717, 1.165) is 29.9 Å². The second kappa shape index (κ2) is 9.92. The number of fused-ring (bicyclic) bond motifs is 1. The van der Waals surface area contributed by atoms with Crippen molar-refractivity contribution in [2.24, 2.45) is 4.99 Å². The lowest BCUT2D eigenvalue weighted by molar-refractivity contribution is 0.182.